The molecular formula is C30H59NO4Si3. The van der Waals surface area contributed by atoms with Crippen molar-refractivity contribution in [1.82, 2.24) is 4.98 Å². The zero-order chi connectivity index (χ0) is 29.5. The number of rotatable bonds is 9. The van der Waals surface area contributed by atoms with Gasteiger partial charge in [0.15, 0.2) is 25.0 Å². The van der Waals surface area contributed by atoms with Crippen molar-refractivity contribution in [1.29, 1.82) is 0 Å². The lowest BCUT2D eigenvalue weighted by Crippen LogP contribution is -2.54. The van der Waals surface area contributed by atoms with Gasteiger partial charge in [-0.2, -0.15) is 0 Å². The lowest BCUT2D eigenvalue weighted by molar-refractivity contribution is -0.0186. The molecule has 1 aliphatic rings. The molecule has 220 valence electrons. The van der Waals surface area contributed by atoms with E-state index in [0.717, 1.165) is 17.8 Å². The van der Waals surface area contributed by atoms with Crippen molar-refractivity contribution in [3.8, 4) is 0 Å². The molecule has 1 aromatic rings. The summed E-state index contributed by atoms with van der Waals surface area (Å²) in [5.74, 6) is 0. The van der Waals surface area contributed by atoms with Gasteiger partial charge in [-0.25, -0.2) is 0 Å². The summed E-state index contributed by atoms with van der Waals surface area (Å²) in [6.07, 6.45) is -0.0798. The van der Waals surface area contributed by atoms with Crippen molar-refractivity contribution in [2.75, 3.05) is 6.61 Å². The predicted molar refractivity (Wildman–Crippen MR) is 169 cm³/mol. The van der Waals surface area contributed by atoms with E-state index in [1.54, 1.807) is 0 Å². The Hall–Kier alpha value is -0.359. The van der Waals surface area contributed by atoms with Crippen LogP contribution < -0.4 is 0 Å². The van der Waals surface area contributed by atoms with Crippen LogP contribution in [0.4, 0.5) is 0 Å². The van der Waals surface area contributed by atoms with Crippen LogP contribution in [0.5, 0.6) is 0 Å². The lowest BCUT2D eigenvalue weighted by atomic mass is 10.1. The summed E-state index contributed by atoms with van der Waals surface area (Å²) in [6, 6.07) is 6.27. The standard InChI is InChI=1S/C30H59NO4Si3/c1-17-22-19-18-20-23(31-22)25-27(35-38(15,16)30(8,9)10)26(34-37(13,14)29(5,6)7)24(33-25)21-32-36(11,12)28(2,3)4/h18-20,24-27H,17,21H2,1-16H3/t24-,25+,26-,27+/m1/s1. The predicted octanol–water partition coefficient (Wildman–Crippen LogP) is 8.89. The van der Waals surface area contributed by atoms with Crippen molar-refractivity contribution in [3.05, 3.63) is 29.6 Å². The first-order chi connectivity index (χ1) is 16.9. The Bertz CT molecular complexity index is 929. The normalized spacial score (nSPS) is 24.2. The second-order valence-corrected chi connectivity index (χ2v) is 30.1. The number of pyridine rings is 1. The molecule has 0 N–H and O–H groups in total. The van der Waals surface area contributed by atoms with Gasteiger partial charge in [-0.05, 0) is 73.0 Å². The SMILES string of the molecule is CCc1cccc([C@@H]2O[C@H](CO[Si](C)(C)C(C)(C)C)[C@@H](O[Si](C)(C)C(C)(C)C)[C@H]2O[Si](C)(C)C(C)(C)C)n1. The third-order valence-corrected chi connectivity index (χ3v) is 23.1. The van der Waals surface area contributed by atoms with Crippen molar-refractivity contribution in [2.24, 2.45) is 0 Å². The molecule has 0 saturated carbocycles. The van der Waals surface area contributed by atoms with Crippen LogP contribution in [0.1, 0.15) is 86.7 Å². The van der Waals surface area contributed by atoms with E-state index in [2.05, 4.69) is 127 Å². The van der Waals surface area contributed by atoms with Crippen LogP contribution in [0.15, 0.2) is 18.2 Å². The highest BCUT2D eigenvalue weighted by atomic mass is 28.4. The molecule has 1 aliphatic heterocycles. The Kier molecular flexibility index (Phi) is 10.2. The number of aromatic nitrogens is 1. The quantitative estimate of drug-likeness (QED) is 0.273. The largest absolute Gasteiger partial charge is 0.414 e. The van der Waals surface area contributed by atoms with E-state index in [4.69, 9.17) is 23.0 Å². The van der Waals surface area contributed by atoms with Crippen molar-refractivity contribution in [2.45, 2.75) is 154 Å². The second kappa shape index (κ2) is 11.5. The van der Waals surface area contributed by atoms with Crippen LogP contribution in [0.25, 0.3) is 0 Å². The molecule has 1 saturated heterocycles. The van der Waals surface area contributed by atoms with Gasteiger partial charge < -0.3 is 18.0 Å². The molecule has 2 heterocycles. The van der Waals surface area contributed by atoms with Gasteiger partial charge in [0, 0.05) is 5.69 Å². The molecule has 1 fully saturated rings. The van der Waals surface area contributed by atoms with E-state index < -0.39 is 25.0 Å². The topological polar surface area (TPSA) is 49.8 Å². The van der Waals surface area contributed by atoms with E-state index in [9.17, 15) is 0 Å². The van der Waals surface area contributed by atoms with Crippen molar-refractivity contribution >= 4 is 25.0 Å². The highest BCUT2D eigenvalue weighted by Gasteiger charge is 2.55. The molecule has 0 spiro atoms. The van der Waals surface area contributed by atoms with Gasteiger partial charge in [-0.1, -0.05) is 75.3 Å². The Labute approximate surface area is 238 Å². The first-order valence-electron chi connectivity index (χ1n) is 14.5. The molecule has 5 nitrogen and oxygen atoms in total. The van der Waals surface area contributed by atoms with Gasteiger partial charge in [0.1, 0.15) is 24.4 Å². The molecule has 4 atom stereocenters. The minimum atomic E-state index is -2.15. The Morgan fingerprint density at radius 1 is 0.737 bits per heavy atom. The molecule has 38 heavy (non-hydrogen) atoms. The average molecular weight is 582 g/mol. The molecular weight excluding hydrogens is 523 g/mol. The van der Waals surface area contributed by atoms with Crippen LogP contribution in [-0.2, 0) is 24.4 Å². The van der Waals surface area contributed by atoms with E-state index in [-0.39, 0.29) is 39.5 Å². The molecule has 0 amide bonds. The average Bonchev–Trinajstić information content (AvgIpc) is 3.06. The highest BCUT2D eigenvalue weighted by Crippen LogP contribution is 2.47. The maximum atomic E-state index is 7.23. The minimum Gasteiger partial charge on any atom is -0.414 e. The van der Waals surface area contributed by atoms with E-state index in [0.29, 0.717) is 6.61 Å². The van der Waals surface area contributed by atoms with Gasteiger partial charge >= 0.3 is 0 Å². The third kappa shape index (κ3) is 7.68. The monoisotopic (exact) mass is 581 g/mol. The smallest absolute Gasteiger partial charge is 0.192 e. The van der Waals surface area contributed by atoms with Gasteiger partial charge in [0.2, 0.25) is 0 Å². The van der Waals surface area contributed by atoms with Gasteiger partial charge in [-0.15, -0.1) is 0 Å². The number of hydrogen-bond acceptors (Lipinski definition) is 5. The molecule has 2 rings (SSSR count). The van der Waals surface area contributed by atoms with Crippen LogP contribution in [0.3, 0.4) is 0 Å². The maximum absolute atomic E-state index is 7.23. The Balaban J connectivity index is 2.61. The summed E-state index contributed by atoms with van der Waals surface area (Å²) in [4.78, 5) is 5.01. The molecule has 8 heteroatoms. The number of nitrogens with zero attached hydrogens (tertiary/aromatic N) is 1. The fraction of sp³-hybridized carbons (Fsp3) is 0.833. The first kappa shape index (κ1) is 33.8. The van der Waals surface area contributed by atoms with E-state index in [1.165, 1.54) is 0 Å². The second-order valence-electron chi connectivity index (χ2n) is 15.8. The first-order valence-corrected chi connectivity index (χ1v) is 23.3. The number of aryl methyl sites for hydroxylation is 1. The zero-order valence-electron chi connectivity index (χ0n) is 27.5. The summed E-state index contributed by atoms with van der Waals surface area (Å²) in [5, 5.41) is 0.250. The lowest BCUT2D eigenvalue weighted by Gasteiger charge is -2.44. The molecule has 0 bridgehead atoms. The Morgan fingerprint density at radius 2 is 1.21 bits per heavy atom. The van der Waals surface area contributed by atoms with Gasteiger partial charge in [-0.3, -0.25) is 4.98 Å². The number of ether oxygens (including phenoxy) is 1. The van der Waals surface area contributed by atoms with Gasteiger partial charge in [0.05, 0.1) is 12.3 Å². The maximum Gasteiger partial charge on any atom is 0.192 e. The summed E-state index contributed by atoms with van der Waals surface area (Å²) in [5.41, 5.74) is 2.01. The highest BCUT2D eigenvalue weighted by molar-refractivity contribution is 6.75. The molecule has 0 unspecified atom stereocenters. The molecule has 1 aromatic heterocycles. The summed E-state index contributed by atoms with van der Waals surface area (Å²) < 4.78 is 28.2. The van der Waals surface area contributed by atoms with Gasteiger partial charge in [0.25, 0.3) is 0 Å². The fourth-order valence-electron chi connectivity index (χ4n) is 3.77. The van der Waals surface area contributed by atoms with Crippen molar-refractivity contribution in [3.63, 3.8) is 0 Å². The molecule has 0 radical (unpaired) electrons. The third-order valence-electron chi connectivity index (χ3n) is 9.68. The zero-order valence-corrected chi connectivity index (χ0v) is 30.5. The summed E-state index contributed by atoms with van der Waals surface area (Å²) in [7, 11) is -6.28. The van der Waals surface area contributed by atoms with Crippen LogP contribution >= 0.6 is 0 Å². The van der Waals surface area contributed by atoms with Crippen LogP contribution in [0.2, 0.25) is 54.4 Å². The minimum absolute atomic E-state index is 0.0630. The number of hydrogen-bond donors (Lipinski definition) is 0. The van der Waals surface area contributed by atoms with E-state index in [1.807, 2.05) is 0 Å². The van der Waals surface area contributed by atoms with Crippen LogP contribution in [-0.4, -0.2) is 54.9 Å². The summed E-state index contributed by atoms with van der Waals surface area (Å²) in [6.45, 7) is 37.2. The summed E-state index contributed by atoms with van der Waals surface area (Å²) >= 11 is 0. The molecule has 0 aliphatic carbocycles. The van der Waals surface area contributed by atoms with Crippen molar-refractivity contribution < 1.29 is 18.0 Å². The molecule has 0 aromatic carbocycles. The fourth-order valence-corrected chi connectivity index (χ4v) is 7.39. The van der Waals surface area contributed by atoms with Crippen LogP contribution in [0, 0.1) is 0 Å². The Morgan fingerprint density at radius 3 is 1.66 bits per heavy atom. The van der Waals surface area contributed by atoms with E-state index >= 15 is 0 Å².